The Morgan fingerprint density at radius 3 is 2.62 bits per heavy atom. The maximum absolute atomic E-state index is 12.5. The summed E-state index contributed by atoms with van der Waals surface area (Å²) < 4.78 is 37.5. The normalized spacial score (nSPS) is 17.0. The van der Waals surface area contributed by atoms with Gasteiger partial charge in [-0.25, -0.2) is 4.98 Å². The molecule has 1 aliphatic rings. The quantitative estimate of drug-likeness (QED) is 0.885. The number of carbonyl (C=O) groups excluding carboxylic acids is 2. The second kappa shape index (κ2) is 5.95. The molecule has 0 spiro atoms. The minimum Gasteiger partial charge on any atom is -0.326 e. The highest BCUT2D eigenvalue weighted by Gasteiger charge is 2.33. The van der Waals surface area contributed by atoms with E-state index in [1.54, 1.807) is 24.3 Å². The third kappa shape index (κ3) is 3.22. The molecule has 124 valence electrons. The summed E-state index contributed by atoms with van der Waals surface area (Å²) >= 11 is 0. The van der Waals surface area contributed by atoms with Crippen LogP contribution in [-0.4, -0.2) is 16.8 Å². The first-order valence-corrected chi connectivity index (χ1v) is 7.07. The molecular formula is C16H12F3N3O2. The standard InChI is InChI=1S/C16H12F3N3O2/c17-16(18,19)13-6-5-9(8-20-13)21-15(24)11-7-14(23)22-12-4-2-1-3-10(11)12/h1-6,8,11H,7H2,(H,21,24)(H,22,23). The second-order valence-electron chi connectivity index (χ2n) is 5.31. The van der Waals surface area contributed by atoms with E-state index in [0.717, 1.165) is 18.3 Å². The number of anilines is 2. The molecule has 0 aliphatic carbocycles. The molecular weight excluding hydrogens is 323 g/mol. The van der Waals surface area contributed by atoms with Gasteiger partial charge in [0.25, 0.3) is 0 Å². The molecule has 8 heteroatoms. The van der Waals surface area contributed by atoms with E-state index >= 15 is 0 Å². The van der Waals surface area contributed by atoms with Crippen LogP contribution in [0.1, 0.15) is 23.6 Å². The molecule has 2 aromatic rings. The first-order chi connectivity index (χ1) is 11.3. The second-order valence-corrected chi connectivity index (χ2v) is 5.31. The number of hydrogen-bond acceptors (Lipinski definition) is 3. The van der Waals surface area contributed by atoms with Crippen LogP contribution in [0.4, 0.5) is 24.5 Å². The molecule has 1 aromatic carbocycles. The summed E-state index contributed by atoms with van der Waals surface area (Å²) in [5, 5.41) is 5.18. The fourth-order valence-corrected chi connectivity index (χ4v) is 2.51. The Morgan fingerprint density at radius 2 is 1.96 bits per heavy atom. The first kappa shape index (κ1) is 16.0. The van der Waals surface area contributed by atoms with Crippen molar-refractivity contribution in [1.82, 2.24) is 4.98 Å². The number of alkyl halides is 3. The van der Waals surface area contributed by atoms with Crippen LogP contribution in [0.2, 0.25) is 0 Å². The summed E-state index contributed by atoms with van der Waals surface area (Å²) in [6.45, 7) is 0. The molecule has 0 radical (unpaired) electrons. The highest BCUT2D eigenvalue weighted by Crippen LogP contribution is 2.33. The van der Waals surface area contributed by atoms with E-state index in [9.17, 15) is 22.8 Å². The maximum Gasteiger partial charge on any atom is 0.433 e. The summed E-state index contributed by atoms with van der Waals surface area (Å²) in [7, 11) is 0. The van der Waals surface area contributed by atoms with Gasteiger partial charge in [0, 0.05) is 12.1 Å². The van der Waals surface area contributed by atoms with Crippen molar-refractivity contribution in [3.63, 3.8) is 0 Å². The van der Waals surface area contributed by atoms with Gasteiger partial charge >= 0.3 is 6.18 Å². The lowest BCUT2D eigenvalue weighted by Crippen LogP contribution is -2.30. The smallest absolute Gasteiger partial charge is 0.326 e. The van der Waals surface area contributed by atoms with Crippen molar-refractivity contribution < 1.29 is 22.8 Å². The molecule has 0 fully saturated rings. The SMILES string of the molecule is O=C1CC(C(=O)Nc2ccc(C(F)(F)F)nc2)c2ccccc2N1. The number of carbonyl (C=O) groups is 2. The Labute approximate surface area is 134 Å². The van der Waals surface area contributed by atoms with Crippen LogP contribution in [0.5, 0.6) is 0 Å². The van der Waals surface area contributed by atoms with Crippen molar-refractivity contribution in [3.05, 3.63) is 53.9 Å². The zero-order valence-electron chi connectivity index (χ0n) is 12.2. The van der Waals surface area contributed by atoms with Gasteiger partial charge in [-0.1, -0.05) is 18.2 Å². The number of aromatic nitrogens is 1. The lowest BCUT2D eigenvalue weighted by Gasteiger charge is -2.24. The Balaban J connectivity index is 1.79. The van der Waals surface area contributed by atoms with Crippen LogP contribution >= 0.6 is 0 Å². The van der Waals surface area contributed by atoms with Gasteiger partial charge in [-0.05, 0) is 23.8 Å². The number of nitrogens with one attached hydrogen (secondary N) is 2. The molecule has 0 saturated heterocycles. The van der Waals surface area contributed by atoms with Crippen molar-refractivity contribution in [3.8, 4) is 0 Å². The van der Waals surface area contributed by atoms with Gasteiger partial charge in [0.05, 0.1) is 17.8 Å². The highest BCUT2D eigenvalue weighted by atomic mass is 19.4. The zero-order valence-corrected chi connectivity index (χ0v) is 12.2. The molecule has 0 saturated carbocycles. The molecule has 1 aromatic heterocycles. The molecule has 1 aliphatic heterocycles. The Kier molecular flexibility index (Phi) is 3.96. The minimum absolute atomic E-state index is 0.0308. The van der Waals surface area contributed by atoms with Crippen molar-refractivity contribution in [2.24, 2.45) is 0 Å². The summed E-state index contributed by atoms with van der Waals surface area (Å²) in [5.74, 6) is -1.48. The van der Waals surface area contributed by atoms with Crippen LogP contribution in [0.15, 0.2) is 42.6 Å². The minimum atomic E-state index is -4.54. The highest BCUT2D eigenvalue weighted by molar-refractivity contribution is 6.05. The van der Waals surface area contributed by atoms with Crippen LogP contribution < -0.4 is 10.6 Å². The molecule has 5 nitrogen and oxygen atoms in total. The number of halogens is 3. The largest absolute Gasteiger partial charge is 0.433 e. The van der Waals surface area contributed by atoms with E-state index in [4.69, 9.17) is 0 Å². The van der Waals surface area contributed by atoms with E-state index in [1.165, 1.54) is 0 Å². The molecule has 2 amide bonds. The fourth-order valence-electron chi connectivity index (χ4n) is 2.51. The van der Waals surface area contributed by atoms with Gasteiger partial charge in [0.2, 0.25) is 11.8 Å². The fraction of sp³-hybridized carbons (Fsp3) is 0.188. The third-order valence-corrected chi connectivity index (χ3v) is 3.64. The van der Waals surface area contributed by atoms with Crippen molar-refractivity contribution >= 4 is 23.2 Å². The number of fused-ring (bicyclic) bond motifs is 1. The number of amides is 2. The van der Waals surface area contributed by atoms with Gasteiger partial charge < -0.3 is 10.6 Å². The van der Waals surface area contributed by atoms with Crippen molar-refractivity contribution in [2.45, 2.75) is 18.5 Å². The molecule has 1 unspecified atom stereocenters. The van der Waals surface area contributed by atoms with Gasteiger partial charge in [-0.15, -0.1) is 0 Å². The summed E-state index contributed by atoms with van der Waals surface area (Å²) in [6, 6.07) is 8.81. The Hall–Kier alpha value is -2.90. The predicted octanol–water partition coefficient (Wildman–Crippen LogP) is 3.16. The molecule has 1 atom stereocenters. The first-order valence-electron chi connectivity index (χ1n) is 7.07. The monoisotopic (exact) mass is 335 g/mol. The van der Waals surface area contributed by atoms with Gasteiger partial charge in [0.15, 0.2) is 0 Å². The van der Waals surface area contributed by atoms with Gasteiger partial charge in [-0.2, -0.15) is 13.2 Å². The lowest BCUT2D eigenvalue weighted by atomic mass is 9.90. The van der Waals surface area contributed by atoms with Gasteiger partial charge in [0.1, 0.15) is 5.69 Å². The number of pyridine rings is 1. The molecule has 24 heavy (non-hydrogen) atoms. The number of benzene rings is 1. The predicted molar refractivity (Wildman–Crippen MR) is 80.3 cm³/mol. The van der Waals surface area contributed by atoms with E-state index in [1.807, 2.05) is 0 Å². The summed E-state index contributed by atoms with van der Waals surface area (Å²) in [6.07, 6.45) is -3.63. The van der Waals surface area contributed by atoms with Crippen LogP contribution in [0.3, 0.4) is 0 Å². The molecule has 2 N–H and O–H groups in total. The third-order valence-electron chi connectivity index (χ3n) is 3.64. The summed E-state index contributed by atoms with van der Waals surface area (Å²) in [4.78, 5) is 27.4. The van der Waals surface area contributed by atoms with E-state index in [-0.39, 0.29) is 18.0 Å². The van der Waals surface area contributed by atoms with Crippen molar-refractivity contribution in [2.75, 3.05) is 10.6 Å². The van der Waals surface area contributed by atoms with E-state index < -0.39 is 23.7 Å². The average Bonchev–Trinajstić information content (AvgIpc) is 2.53. The van der Waals surface area contributed by atoms with Crippen LogP contribution in [-0.2, 0) is 15.8 Å². The Bertz CT molecular complexity index is 788. The number of nitrogens with zero attached hydrogens (tertiary/aromatic N) is 1. The van der Waals surface area contributed by atoms with E-state index in [2.05, 4.69) is 15.6 Å². The van der Waals surface area contributed by atoms with Crippen LogP contribution in [0, 0.1) is 0 Å². The number of para-hydroxylation sites is 1. The van der Waals surface area contributed by atoms with Gasteiger partial charge in [-0.3, -0.25) is 9.59 Å². The Morgan fingerprint density at radius 1 is 1.21 bits per heavy atom. The topological polar surface area (TPSA) is 71.1 Å². The lowest BCUT2D eigenvalue weighted by molar-refractivity contribution is -0.141. The average molecular weight is 335 g/mol. The van der Waals surface area contributed by atoms with Crippen molar-refractivity contribution in [1.29, 1.82) is 0 Å². The molecule has 2 heterocycles. The van der Waals surface area contributed by atoms with E-state index in [0.29, 0.717) is 11.3 Å². The van der Waals surface area contributed by atoms with Crippen LogP contribution in [0.25, 0.3) is 0 Å². The molecule has 0 bridgehead atoms. The zero-order chi connectivity index (χ0) is 17.3. The summed E-state index contributed by atoms with van der Waals surface area (Å²) in [5.41, 5.74) is 0.313. The number of hydrogen-bond donors (Lipinski definition) is 2. The maximum atomic E-state index is 12.5. The molecule has 3 rings (SSSR count). The number of rotatable bonds is 2.